The summed E-state index contributed by atoms with van der Waals surface area (Å²) in [5.41, 5.74) is 1.26. The van der Waals surface area contributed by atoms with Gasteiger partial charge in [0.25, 0.3) is 0 Å². The minimum Gasteiger partial charge on any atom is -0.373 e. The fraction of sp³-hybridized carbons (Fsp3) is 0.286. The third-order valence-electron chi connectivity index (χ3n) is 3.15. The summed E-state index contributed by atoms with van der Waals surface area (Å²) in [5, 5.41) is 3.50. The van der Waals surface area contributed by atoms with Gasteiger partial charge in [0.15, 0.2) is 0 Å². The van der Waals surface area contributed by atoms with E-state index in [1.165, 1.54) is 12.1 Å². The second-order valence-electron chi connectivity index (χ2n) is 4.65. The van der Waals surface area contributed by atoms with Crippen molar-refractivity contribution in [2.45, 2.75) is 18.8 Å². The van der Waals surface area contributed by atoms with Crippen molar-refractivity contribution < 1.29 is 4.39 Å². The van der Waals surface area contributed by atoms with E-state index in [2.05, 4.69) is 15.3 Å². The molecule has 0 amide bonds. The Morgan fingerprint density at radius 2 is 2.05 bits per heavy atom. The number of nitrogens with zero attached hydrogens (tertiary/aromatic N) is 2. The summed E-state index contributed by atoms with van der Waals surface area (Å²) in [6.07, 6.45) is 2.23. The number of nitrogens with one attached hydrogen (secondary N) is 1. The molecule has 3 nitrogen and oxygen atoms in total. The first-order valence-corrected chi connectivity index (χ1v) is 6.57. The predicted octanol–water partition coefficient (Wildman–Crippen LogP) is 3.86. The minimum absolute atomic E-state index is 0.322. The highest BCUT2D eigenvalue weighted by Crippen LogP contribution is 2.39. The zero-order valence-corrected chi connectivity index (χ0v) is 11.2. The molecule has 0 unspecified atom stereocenters. The average Bonchev–Trinajstić information content (AvgIpc) is 3.25. The number of hydrogen-bond acceptors (Lipinski definition) is 3. The lowest BCUT2D eigenvalue weighted by Crippen LogP contribution is -2.01. The van der Waals surface area contributed by atoms with Crippen molar-refractivity contribution >= 4 is 17.4 Å². The molecule has 1 aromatic carbocycles. The summed E-state index contributed by atoms with van der Waals surface area (Å²) in [4.78, 5) is 8.95. The Kier molecular flexibility index (Phi) is 3.11. The summed E-state index contributed by atoms with van der Waals surface area (Å²) >= 11 is 6.13. The molecule has 3 rings (SSSR count). The van der Waals surface area contributed by atoms with Gasteiger partial charge in [0.1, 0.15) is 17.5 Å². The van der Waals surface area contributed by atoms with Gasteiger partial charge in [-0.05, 0) is 31.0 Å². The largest absolute Gasteiger partial charge is 0.373 e. The lowest BCUT2D eigenvalue weighted by atomic mass is 10.1. The molecule has 1 saturated carbocycles. The SMILES string of the molecule is CNc1cc(-c2cc(F)ccc2Cl)nc(C2CC2)n1. The highest BCUT2D eigenvalue weighted by molar-refractivity contribution is 6.33. The van der Waals surface area contributed by atoms with Gasteiger partial charge in [0, 0.05) is 24.6 Å². The number of rotatable bonds is 3. The van der Waals surface area contributed by atoms with Crippen molar-refractivity contribution in [3.8, 4) is 11.3 Å². The molecule has 0 aliphatic heterocycles. The van der Waals surface area contributed by atoms with Crippen LogP contribution in [0.5, 0.6) is 0 Å². The van der Waals surface area contributed by atoms with Crippen molar-refractivity contribution in [1.82, 2.24) is 9.97 Å². The third-order valence-corrected chi connectivity index (χ3v) is 3.48. The Hall–Kier alpha value is -1.68. The van der Waals surface area contributed by atoms with Gasteiger partial charge in [0.05, 0.1) is 10.7 Å². The molecule has 1 N–H and O–H groups in total. The van der Waals surface area contributed by atoms with Crippen molar-refractivity contribution in [1.29, 1.82) is 0 Å². The molecule has 0 spiro atoms. The molecular formula is C14H13ClFN3. The second kappa shape index (κ2) is 4.78. The van der Waals surface area contributed by atoms with Crippen LogP contribution in [0.15, 0.2) is 24.3 Å². The Balaban J connectivity index is 2.12. The summed E-state index contributed by atoms with van der Waals surface area (Å²) in [6.45, 7) is 0. The van der Waals surface area contributed by atoms with E-state index in [9.17, 15) is 4.39 Å². The molecule has 1 aromatic heterocycles. The Bertz CT molecular complexity index is 626. The van der Waals surface area contributed by atoms with Crippen LogP contribution in [-0.2, 0) is 0 Å². The number of hydrogen-bond donors (Lipinski definition) is 1. The normalized spacial score (nSPS) is 14.5. The molecular weight excluding hydrogens is 265 g/mol. The standard InChI is InChI=1S/C14H13ClFN3/c1-17-13-7-12(18-14(19-13)8-2-3-8)10-6-9(16)4-5-11(10)15/h4-8H,2-3H2,1H3,(H,17,18,19). The fourth-order valence-electron chi connectivity index (χ4n) is 1.95. The predicted molar refractivity (Wildman–Crippen MR) is 74.0 cm³/mol. The van der Waals surface area contributed by atoms with E-state index >= 15 is 0 Å². The lowest BCUT2D eigenvalue weighted by molar-refractivity contribution is 0.628. The summed E-state index contributed by atoms with van der Waals surface area (Å²) in [6, 6.07) is 6.07. The molecule has 1 aliphatic rings. The van der Waals surface area contributed by atoms with E-state index in [0.29, 0.717) is 22.2 Å². The quantitative estimate of drug-likeness (QED) is 0.926. The molecule has 0 radical (unpaired) electrons. The van der Waals surface area contributed by atoms with Crippen LogP contribution in [-0.4, -0.2) is 17.0 Å². The van der Waals surface area contributed by atoms with Crippen molar-refractivity contribution in [2.24, 2.45) is 0 Å². The Morgan fingerprint density at radius 3 is 2.74 bits per heavy atom. The number of halogens is 2. The average molecular weight is 278 g/mol. The maximum atomic E-state index is 13.4. The van der Waals surface area contributed by atoms with Crippen LogP contribution >= 0.6 is 11.6 Å². The van der Waals surface area contributed by atoms with E-state index in [1.807, 2.05) is 0 Å². The fourth-order valence-corrected chi connectivity index (χ4v) is 2.16. The van der Waals surface area contributed by atoms with Crippen molar-refractivity contribution in [2.75, 3.05) is 12.4 Å². The van der Waals surface area contributed by atoms with Gasteiger partial charge in [-0.1, -0.05) is 11.6 Å². The van der Waals surface area contributed by atoms with Gasteiger partial charge in [-0.3, -0.25) is 0 Å². The summed E-state index contributed by atoms with van der Waals surface area (Å²) < 4.78 is 13.4. The maximum Gasteiger partial charge on any atom is 0.134 e. The molecule has 0 saturated heterocycles. The van der Waals surface area contributed by atoms with Gasteiger partial charge in [-0.25, -0.2) is 14.4 Å². The number of anilines is 1. The monoisotopic (exact) mass is 277 g/mol. The molecule has 19 heavy (non-hydrogen) atoms. The third kappa shape index (κ3) is 2.54. The molecule has 98 valence electrons. The van der Waals surface area contributed by atoms with E-state index < -0.39 is 0 Å². The Labute approximate surface area is 115 Å². The van der Waals surface area contributed by atoms with Crippen molar-refractivity contribution in [3.05, 3.63) is 40.9 Å². The molecule has 2 aromatic rings. The van der Waals surface area contributed by atoms with Crippen LogP contribution in [0.1, 0.15) is 24.6 Å². The first kappa shape index (κ1) is 12.4. The van der Waals surface area contributed by atoms with Gasteiger partial charge in [0.2, 0.25) is 0 Å². The number of benzene rings is 1. The van der Waals surface area contributed by atoms with Gasteiger partial charge in [-0.15, -0.1) is 0 Å². The molecule has 5 heteroatoms. The topological polar surface area (TPSA) is 37.8 Å². The van der Waals surface area contributed by atoms with E-state index in [1.54, 1.807) is 19.2 Å². The zero-order chi connectivity index (χ0) is 13.4. The lowest BCUT2D eigenvalue weighted by Gasteiger charge is -2.09. The van der Waals surface area contributed by atoms with Crippen LogP contribution in [0.4, 0.5) is 10.2 Å². The molecule has 1 heterocycles. The van der Waals surface area contributed by atoms with E-state index in [0.717, 1.165) is 24.5 Å². The zero-order valence-electron chi connectivity index (χ0n) is 10.5. The highest BCUT2D eigenvalue weighted by Gasteiger charge is 2.27. The summed E-state index contributed by atoms with van der Waals surface area (Å²) in [5.74, 6) is 1.64. The summed E-state index contributed by atoms with van der Waals surface area (Å²) in [7, 11) is 1.80. The van der Waals surface area contributed by atoms with E-state index in [-0.39, 0.29) is 5.82 Å². The van der Waals surface area contributed by atoms with Crippen LogP contribution < -0.4 is 5.32 Å². The highest BCUT2D eigenvalue weighted by atomic mass is 35.5. The number of aromatic nitrogens is 2. The first-order chi connectivity index (χ1) is 9.17. The Morgan fingerprint density at radius 1 is 1.26 bits per heavy atom. The second-order valence-corrected chi connectivity index (χ2v) is 5.05. The van der Waals surface area contributed by atoms with E-state index in [4.69, 9.17) is 11.6 Å². The van der Waals surface area contributed by atoms with Crippen LogP contribution in [0.2, 0.25) is 5.02 Å². The van der Waals surface area contributed by atoms with Crippen LogP contribution in [0, 0.1) is 5.82 Å². The van der Waals surface area contributed by atoms with Crippen molar-refractivity contribution in [3.63, 3.8) is 0 Å². The maximum absolute atomic E-state index is 13.4. The molecule has 0 atom stereocenters. The van der Waals surface area contributed by atoms with Gasteiger partial charge < -0.3 is 5.32 Å². The van der Waals surface area contributed by atoms with Gasteiger partial charge >= 0.3 is 0 Å². The van der Waals surface area contributed by atoms with Crippen LogP contribution in [0.25, 0.3) is 11.3 Å². The molecule has 1 fully saturated rings. The van der Waals surface area contributed by atoms with Crippen LogP contribution in [0.3, 0.4) is 0 Å². The molecule has 1 aliphatic carbocycles. The van der Waals surface area contributed by atoms with Gasteiger partial charge in [-0.2, -0.15) is 0 Å². The smallest absolute Gasteiger partial charge is 0.134 e. The minimum atomic E-state index is -0.322. The first-order valence-electron chi connectivity index (χ1n) is 6.19. The molecule has 0 bridgehead atoms.